The first-order valence-corrected chi connectivity index (χ1v) is 12.3. The van der Waals surface area contributed by atoms with E-state index >= 15 is 0 Å². The van der Waals surface area contributed by atoms with Crippen molar-refractivity contribution >= 4 is 39.3 Å². The van der Waals surface area contributed by atoms with E-state index in [1.54, 1.807) is 12.4 Å². The molecule has 1 aliphatic carbocycles. The average molecular weight is 487 g/mol. The van der Waals surface area contributed by atoms with Crippen LogP contribution >= 0.6 is 0 Å². The summed E-state index contributed by atoms with van der Waals surface area (Å²) in [6.07, 6.45) is 6.69. The number of aromatic nitrogens is 4. The summed E-state index contributed by atoms with van der Waals surface area (Å²) in [5, 5.41) is 20.1. The number of carbonyl (C=O) groups is 1. The molecule has 3 heterocycles. The molecule has 3 aromatic heterocycles. The van der Waals surface area contributed by atoms with Gasteiger partial charge in [-0.3, -0.25) is 14.0 Å². The van der Waals surface area contributed by atoms with Crippen LogP contribution in [0.3, 0.4) is 0 Å². The lowest BCUT2D eigenvalue weighted by molar-refractivity contribution is 0.0535. The Balaban J connectivity index is 1.53. The van der Waals surface area contributed by atoms with Gasteiger partial charge in [0.15, 0.2) is 5.82 Å². The molecule has 0 amide bonds. The first-order chi connectivity index (χ1) is 17.2. The van der Waals surface area contributed by atoms with Gasteiger partial charge in [0.05, 0.1) is 23.5 Å². The summed E-state index contributed by atoms with van der Waals surface area (Å²) in [6, 6.07) is 9.95. The first kappa shape index (κ1) is 23.7. The molecule has 4 aromatic rings. The Morgan fingerprint density at radius 2 is 2.03 bits per heavy atom. The van der Waals surface area contributed by atoms with Crippen molar-refractivity contribution < 1.29 is 9.53 Å². The summed E-state index contributed by atoms with van der Waals surface area (Å²) < 4.78 is 8.90. The Hall–Kier alpha value is -4.06. The second-order valence-electron chi connectivity index (χ2n) is 10.4. The topological polar surface area (TPSA) is 118 Å². The van der Waals surface area contributed by atoms with Crippen molar-refractivity contribution in [2.75, 3.05) is 5.32 Å². The highest BCUT2D eigenvalue weighted by atomic mass is 16.6. The summed E-state index contributed by atoms with van der Waals surface area (Å²) in [7, 11) is 0. The number of hydrogen-bond donors (Lipinski definition) is 2. The molecule has 9 heteroatoms. The van der Waals surface area contributed by atoms with Gasteiger partial charge in [-0.1, -0.05) is 18.9 Å². The molecule has 1 aromatic carbocycles. The number of nitrogens with one attached hydrogen (secondary N) is 2. The summed E-state index contributed by atoms with van der Waals surface area (Å²) in [6.45, 7) is 7.39. The molecule has 1 saturated carbocycles. The Morgan fingerprint density at radius 3 is 2.78 bits per heavy atom. The van der Waals surface area contributed by atoms with Crippen LogP contribution in [0.25, 0.3) is 21.7 Å². The van der Waals surface area contributed by atoms with E-state index < -0.39 is 11.7 Å². The Labute approximate surface area is 208 Å². The number of nitrogens with zero attached hydrogens (tertiary/aromatic N) is 4. The highest BCUT2D eigenvalue weighted by Crippen LogP contribution is 2.37. The maximum absolute atomic E-state index is 12.8. The fourth-order valence-corrected chi connectivity index (χ4v) is 5.07. The zero-order valence-corrected chi connectivity index (χ0v) is 21.0. The number of ether oxygens (including phenoxy) is 1. The minimum Gasteiger partial charge on any atom is -0.443 e. The quantitative estimate of drug-likeness (QED) is 0.380. The van der Waals surface area contributed by atoms with Crippen LogP contribution in [0.4, 0.5) is 16.3 Å². The number of aryl methyl sites for hydroxylation is 1. The van der Waals surface area contributed by atoms with E-state index in [4.69, 9.17) is 9.84 Å². The fraction of sp³-hybridized carbons (Fsp3) is 0.407. The van der Waals surface area contributed by atoms with Crippen LogP contribution in [0.5, 0.6) is 0 Å². The van der Waals surface area contributed by atoms with Crippen LogP contribution in [0.15, 0.2) is 41.5 Å². The molecule has 5 rings (SSSR count). The van der Waals surface area contributed by atoms with Crippen LogP contribution in [-0.4, -0.2) is 31.0 Å². The summed E-state index contributed by atoms with van der Waals surface area (Å²) in [5.74, 6) is 0.303. The number of benzene rings is 1. The molecule has 2 atom stereocenters. The SMILES string of the molecule is Cc1c2ccc(Nc3nn([C@H]4CCCC[C@@H]4C#N)c4cc[nH]c(=O)c34)cc2cn1C(=O)OC(C)(C)C. The molecule has 2 N–H and O–H groups in total. The monoisotopic (exact) mass is 486 g/mol. The molecule has 0 saturated heterocycles. The molecule has 36 heavy (non-hydrogen) atoms. The van der Waals surface area contributed by atoms with E-state index in [9.17, 15) is 14.9 Å². The number of carbonyl (C=O) groups excluding carboxylic acids is 1. The maximum atomic E-state index is 12.8. The lowest BCUT2D eigenvalue weighted by Gasteiger charge is -2.27. The van der Waals surface area contributed by atoms with Crippen molar-refractivity contribution in [2.45, 2.75) is 65.0 Å². The van der Waals surface area contributed by atoms with Crippen molar-refractivity contribution in [1.82, 2.24) is 19.3 Å². The number of anilines is 2. The van der Waals surface area contributed by atoms with Crippen molar-refractivity contribution in [3.05, 3.63) is 52.7 Å². The number of aromatic amines is 1. The van der Waals surface area contributed by atoms with Crippen molar-refractivity contribution in [2.24, 2.45) is 5.92 Å². The molecule has 0 unspecified atom stereocenters. The van der Waals surface area contributed by atoms with E-state index in [0.717, 1.165) is 47.8 Å². The first-order valence-electron chi connectivity index (χ1n) is 12.3. The smallest absolute Gasteiger partial charge is 0.418 e. The lowest BCUT2D eigenvalue weighted by Crippen LogP contribution is -2.27. The zero-order chi connectivity index (χ0) is 25.6. The third-order valence-electron chi connectivity index (χ3n) is 6.76. The largest absolute Gasteiger partial charge is 0.443 e. The highest BCUT2D eigenvalue weighted by Gasteiger charge is 2.30. The van der Waals surface area contributed by atoms with Gasteiger partial charge in [-0.05, 0) is 58.7 Å². The van der Waals surface area contributed by atoms with Crippen molar-refractivity contribution in [3.63, 3.8) is 0 Å². The highest BCUT2D eigenvalue weighted by molar-refractivity contribution is 5.95. The number of fused-ring (bicyclic) bond motifs is 2. The molecular formula is C27H30N6O3. The number of rotatable bonds is 3. The lowest BCUT2D eigenvalue weighted by atomic mass is 9.85. The van der Waals surface area contributed by atoms with Gasteiger partial charge >= 0.3 is 6.09 Å². The van der Waals surface area contributed by atoms with Gasteiger partial charge in [0, 0.05) is 34.5 Å². The molecule has 0 aliphatic heterocycles. The third-order valence-corrected chi connectivity index (χ3v) is 6.76. The molecule has 1 aliphatic rings. The minimum absolute atomic E-state index is 0.0726. The van der Waals surface area contributed by atoms with Crippen LogP contribution in [-0.2, 0) is 4.74 Å². The van der Waals surface area contributed by atoms with Crippen molar-refractivity contribution in [3.8, 4) is 6.07 Å². The molecule has 1 fully saturated rings. The van der Waals surface area contributed by atoms with Crippen LogP contribution in [0.1, 0.15) is 58.2 Å². The van der Waals surface area contributed by atoms with E-state index in [2.05, 4.69) is 16.4 Å². The summed E-state index contributed by atoms with van der Waals surface area (Å²) in [5.41, 5.74) is 1.40. The standard InChI is InChI=1S/C27H30N6O3/c1-16-20-10-9-19(13-18(20)15-32(16)26(35)36-27(2,3)4)30-24-23-22(11-12-29-25(23)34)33(31-24)21-8-6-5-7-17(21)14-28/h9-13,15,17,21H,5-8H2,1-4H3,(H,29,34)(H,30,31)/t17-,21+/m1/s1. The number of nitriles is 1. The van der Waals surface area contributed by atoms with Crippen molar-refractivity contribution in [1.29, 1.82) is 5.26 Å². The normalized spacial score (nSPS) is 18.3. The summed E-state index contributed by atoms with van der Waals surface area (Å²) in [4.78, 5) is 28.2. The minimum atomic E-state index is -0.595. The van der Waals surface area contributed by atoms with E-state index in [0.29, 0.717) is 16.7 Å². The predicted molar refractivity (Wildman–Crippen MR) is 139 cm³/mol. The van der Waals surface area contributed by atoms with Gasteiger partial charge in [-0.25, -0.2) is 4.79 Å². The van der Waals surface area contributed by atoms with Gasteiger partial charge in [-0.2, -0.15) is 10.4 Å². The van der Waals surface area contributed by atoms with Gasteiger partial charge in [-0.15, -0.1) is 0 Å². The molecule has 0 spiro atoms. The van der Waals surface area contributed by atoms with Gasteiger partial charge in [0.1, 0.15) is 11.0 Å². The maximum Gasteiger partial charge on any atom is 0.418 e. The van der Waals surface area contributed by atoms with Gasteiger partial charge in [0.2, 0.25) is 0 Å². The Bertz CT molecular complexity index is 1560. The Morgan fingerprint density at radius 1 is 1.25 bits per heavy atom. The zero-order valence-electron chi connectivity index (χ0n) is 21.0. The van der Waals surface area contributed by atoms with Gasteiger partial charge < -0.3 is 15.0 Å². The predicted octanol–water partition coefficient (Wildman–Crippen LogP) is 5.77. The molecule has 0 bridgehead atoms. The van der Waals surface area contributed by atoms with E-state index in [1.165, 1.54) is 4.57 Å². The molecular weight excluding hydrogens is 456 g/mol. The number of H-pyrrole nitrogens is 1. The fourth-order valence-electron chi connectivity index (χ4n) is 5.07. The second kappa shape index (κ2) is 8.86. The van der Waals surface area contributed by atoms with E-state index in [-0.39, 0.29) is 17.5 Å². The third kappa shape index (κ3) is 4.24. The summed E-state index contributed by atoms with van der Waals surface area (Å²) >= 11 is 0. The number of hydrogen-bond acceptors (Lipinski definition) is 6. The van der Waals surface area contributed by atoms with Crippen LogP contribution in [0.2, 0.25) is 0 Å². The number of pyridine rings is 1. The van der Waals surface area contributed by atoms with Crippen LogP contribution in [0, 0.1) is 24.2 Å². The molecule has 0 radical (unpaired) electrons. The Kier molecular flexibility index (Phi) is 5.83. The molecule has 186 valence electrons. The second-order valence-corrected chi connectivity index (χ2v) is 10.4. The average Bonchev–Trinajstić information content (AvgIpc) is 3.36. The molecule has 9 nitrogen and oxygen atoms in total. The van der Waals surface area contributed by atoms with Crippen LogP contribution < -0.4 is 10.9 Å². The van der Waals surface area contributed by atoms with E-state index in [1.807, 2.05) is 56.6 Å². The van der Waals surface area contributed by atoms with Gasteiger partial charge in [0.25, 0.3) is 5.56 Å².